The van der Waals surface area contributed by atoms with Crippen LogP contribution in [0.4, 0.5) is 5.69 Å². The van der Waals surface area contributed by atoms with Crippen LogP contribution in [0.1, 0.15) is 15.9 Å². The Morgan fingerprint density at radius 1 is 1.39 bits per heavy atom. The van der Waals surface area contributed by atoms with Gasteiger partial charge in [-0.1, -0.05) is 6.07 Å². The number of ketones is 1. The molecule has 18 heavy (non-hydrogen) atoms. The number of aryl methyl sites for hydroxylation is 1. The maximum Gasteiger partial charge on any atom is 0.178 e. The van der Waals surface area contributed by atoms with Gasteiger partial charge in [0.1, 0.15) is 0 Å². The predicted octanol–water partition coefficient (Wildman–Crippen LogP) is 1.23. The lowest BCUT2D eigenvalue weighted by molar-refractivity contribution is 0.0992. The molecular formula is C14H20N2O2. The smallest absolute Gasteiger partial charge is 0.178 e. The Morgan fingerprint density at radius 3 is 2.78 bits per heavy atom. The van der Waals surface area contributed by atoms with Gasteiger partial charge in [-0.15, -0.1) is 0 Å². The van der Waals surface area contributed by atoms with Crippen LogP contribution < -0.4 is 10.2 Å². The summed E-state index contributed by atoms with van der Waals surface area (Å²) in [5, 5.41) is 2.92. The van der Waals surface area contributed by atoms with E-state index < -0.39 is 0 Å². The van der Waals surface area contributed by atoms with Crippen molar-refractivity contribution in [2.75, 3.05) is 44.8 Å². The molecule has 98 valence electrons. The molecule has 4 heteroatoms. The minimum Gasteiger partial charge on any atom is -0.378 e. The fraction of sp³-hybridized carbons (Fsp3) is 0.500. The Morgan fingerprint density at radius 2 is 2.11 bits per heavy atom. The third-order valence-corrected chi connectivity index (χ3v) is 3.14. The molecule has 0 radical (unpaired) electrons. The molecule has 0 unspecified atom stereocenters. The molecular weight excluding hydrogens is 228 g/mol. The van der Waals surface area contributed by atoms with Crippen LogP contribution in [0.15, 0.2) is 18.2 Å². The van der Waals surface area contributed by atoms with Crippen molar-refractivity contribution in [3.05, 3.63) is 29.3 Å². The molecule has 1 fully saturated rings. The van der Waals surface area contributed by atoms with Crippen LogP contribution in [0.5, 0.6) is 0 Å². The third-order valence-electron chi connectivity index (χ3n) is 3.14. The van der Waals surface area contributed by atoms with Crippen molar-refractivity contribution >= 4 is 11.5 Å². The van der Waals surface area contributed by atoms with E-state index in [9.17, 15) is 4.79 Å². The molecule has 1 heterocycles. The van der Waals surface area contributed by atoms with Crippen LogP contribution in [0, 0.1) is 6.92 Å². The number of morpholine rings is 1. The van der Waals surface area contributed by atoms with Crippen LogP contribution in [-0.2, 0) is 4.74 Å². The first-order valence-corrected chi connectivity index (χ1v) is 6.33. The van der Waals surface area contributed by atoms with Gasteiger partial charge in [0.15, 0.2) is 5.78 Å². The number of nitrogens with one attached hydrogen (secondary N) is 1. The summed E-state index contributed by atoms with van der Waals surface area (Å²) in [5.41, 5.74) is 3.02. The Bertz CT molecular complexity index is 426. The summed E-state index contributed by atoms with van der Waals surface area (Å²) in [7, 11) is 1.79. The van der Waals surface area contributed by atoms with E-state index in [-0.39, 0.29) is 5.78 Å². The molecule has 0 aliphatic carbocycles. The lowest BCUT2D eigenvalue weighted by Gasteiger charge is -2.30. The first-order chi connectivity index (χ1) is 8.72. The van der Waals surface area contributed by atoms with Gasteiger partial charge in [0.2, 0.25) is 0 Å². The molecule has 1 aromatic rings. The number of ether oxygens (including phenoxy) is 1. The predicted molar refractivity (Wildman–Crippen MR) is 72.5 cm³/mol. The second kappa shape index (κ2) is 5.98. The highest BCUT2D eigenvalue weighted by Gasteiger charge is 2.18. The monoisotopic (exact) mass is 248 g/mol. The van der Waals surface area contributed by atoms with E-state index in [1.54, 1.807) is 7.05 Å². The maximum atomic E-state index is 12.1. The summed E-state index contributed by atoms with van der Waals surface area (Å²) in [4.78, 5) is 14.3. The zero-order valence-electron chi connectivity index (χ0n) is 11.0. The van der Waals surface area contributed by atoms with E-state index in [1.807, 2.05) is 12.1 Å². The number of rotatable bonds is 4. The largest absolute Gasteiger partial charge is 0.378 e. The van der Waals surface area contributed by atoms with Crippen LogP contribution >= 0.6 is 0 Å². The van der Waals surface area contributed by atoms with E-state index in [1.165, 1.54) is 5.56 Å². The lowest BCUT2D eigenvalue weighted by Crippen LogP contribution is -2.37. The van der Waals surface area contributed by atoms with Crippen molar-refractivity contribution in [3.8, 4) is 0 Å². The average Bonchev–Trinajstić information content (AvgIpc) is 2.40. The standard InChI is InChI=1S/C14H20N2O2/c1-11-3-4-12(14(17)10-15-2)13(9-11)16-5-7-18-8-6-16/h3-4,9,15H,5-8,10H2,1-2H3. The van der Waals surface area contributed by atoms with Crippen molar-refractivity contribution in [3.63, 3.8) is 0 Å². The number of carbonyl (C=O) groups excluding carboxylic acids is 1. The summed E-state index contributed by atoms with van der Waals surface area (Å²) < 4.78 is 5.36. The molecule has 1 aliphatic rings. The number of hydrogen-bond donors (Lipinski definition) is 1. The molecule has 1 aliphatic heterocycles. The fourth-order valence-corrected chi connectivity index (χ4v) is 2.20. The summed E-state index contributed by atoms with van der Waals surface area (Å²) in [6.45, 7) is 5.59. The highest BCUT2D eigenvalue weighted by Crippen LogP contribution is 2.23. The van der Waals surface area contributed by atoms with Gasteiger partial charge in [-0.25, -0.2) is 0 Å². The van der Waals surface area contributed by atoms with E-state index in [4.69, 9.17) is 4.74 Å². The van der Waals surface area contributed by atoms with E-state index >= 15 is 0 Å². The summed E-state index contributed by atoms with van der Waals surface area (Å²) in [5.74, 6) is 0.138. The molecule has 0 bridgehead atoms. The molecule has 0 saturated carbocycles. The van der Waals surface area contributed by atoms with E-state index in [0.717, 1.165) is 37.6 Å². The number of hydrogen-bond acceptors (Lipinski definition) is 4. The average molecular weight is 248 g/mol. The Hall–Kier alpha value is -1.39. The minimum atomic E-state index is 0.138. The van der Waals surface area contributed by atoms with Crippen LogP contribution in [0.25, 0.3) is 0 Å². The van der Waals surface area contributed by atoms with Gasteiger partial charge >= 0.3 is 0 Å². The molecule has 4 nitrogen and oxygen atoms in total. The Labute approximate surface area is 108 Å². The van der Waals surface area contributed by atoms with E-state index in [2.05, 4.69) is 23.2 Å². The molecule has 2 rings (SSSR count). The highest BCUT2D eigenvalue weighted by molar-refractivity contribution is 6.02. The molecule has 1 saturated heterocycles. The first-order valence-electron chi connectivity index (χ1n) is 6.33. The van der Waals surface area contributed by atoms with Gasteiger partial charge in [-0.2, -0.15) is 0 Å². The number of anilines is 1. The Balaban J connectivity index is 2.30. The molecule has 0 atom stereocenters. The van der Waals surface area contributed by atoms with Gasteiger partial charge in [0, 0.05) is 24.3 Å². The van der Waals surface area contributed by atoms with Gasteiger partial charge in [-0.05, 0) is 31.7 Å². The highest BCUT2D eigenvalue weighted by atomic mass is 16.5. The van der Waals surface area contributed by atoms with Gasteiger partial charge < -0.3 is 15.0 Å². The number of carbonyl (C=O) groups is 1. The van der Waals surface area contributed by atoms with Crippen molar-refractivity contribution < 1.29 is 9.53 Å². The summed E-state index contributed by atoms with van der Waals surface area (Å²) in [6, 6.07) is 6.01. The molecule has 0 amide bonds. The maximum absolute atomic E-state index is 12.1. The topological polar surface area (TPSA) is 41.6 Å². The number of Topliss-reactive ketones (excluding diaryl/α,β-unsaturated/α-hetero) is 1. The second-order valence-electron chi connectivity index (χ2n) is 4.57. The zero-order valence-corrected chi connectivity index (χ0v) is 11.0. The summed E-state index contributed by atoms with van der Waals surface area (Å²) in [6.07, 6.45) is 0. The minimum absolute atomic E-state index is 0.138. The fourth-order valence-electron chi connectivity index (χ4n) is 2.20. The lowest BCUT2D eigenvalue weighted by atomic mass is 10.0. The van der Waals surface area contributed by atoms with Gasteiger partial charge in [0.25, 0.3) is 0 Å². The van der Waals surface area contributed by atoms with Crippen LogP contribution in [0.3, 0.4) is 0 Å². The summed E-state index contributed by atoms with van der Waals surface area (Å²) >= 11 is 0. The van der Waals surface area contributed by atoms with Gasteiger partial charge in [0.05, 0.1) is 19.8 Å². The quantitative estimate of drug-likeness (QED) is 0.814. The van der Waals surface area contributed by atoms with Gasteiger partial charge in [-0.3, -0.25) is 4.79 Å². The van der Waals surface area contributed by atoms with E-state index in [0.29, 0.717) is 6.54 Å². The molecule has 0 spiro atoms. The number of likely N-dealkylation sites (N-methyl/N-ethyl adjacent to an activating group) is 1. The third kappa shape index (κ3) is 2.89. The molecule has 1 N–H and O–H groups in total. The van der Waals surface area contributed by atoms with Crippen molar-refractivity contribution in [1.82, 2.24) is 5.32 Å². The normalized spacial score (nSPS) is 15.8. The Kier molecular flexibility index (Phi) is 4.33. The van der Waals surface area contributed by atoms with Crippen LogP contribution in [-0.4, -0.2) is 45.7 Å². The molecule has 0 aromatic heterocycles. The second-order valence-corrected chi connectivity index (χ2v) is 4.57. The van der Waals surface area contributed by atoms with Crippen molar-refractivity contribution in [2.45, 2.75) is 6.92 Å². The number of benzene rings is 1. The molecule has 1 aromatic carbocycles. The van der Waals surface area contributed by atoms with Crippen molar-refractivity contribution in [2.24, 2.45) is 0 Å². The van der Waals surface area contributed by atoms with Crippen LogP contribution in [0.2, 0.25) is 0 Å². The van der Waals surface area contributed by atoms with Crippen molar-refractivity contribution in [1.29, 1.82) is 0 Å². The number of nitrogens with zero attached hydrogens (tertiary/aromatic N) is 1. The zero-order chi connectivity index (χ0) is 13.0. The first kappa shape index (κ1) is 13.1. The SMILES string of the molecule is CNCC(=O)c1ccc(C)cc1N1CCOCC1.